The lowest BCUT2D eigenvalue weighted by molar-refractivity contribution is 0.200. The number of aryl methyl sites for hydroxylation is 1. The second kappa shape index (κ2) is 6.93. The van der Waals surface area contributed by atoms with Crippen LogP contribution in [0.3, 0.4) is 0 Å². The molecule has 1 aromatic heterocycles. The molecule has 5 heteroatoms. The van der Waals surface area contributed by atoms with Crippen molar-refractivity contribution in [3.8, 4) is 0 Å². The van der Waals surface area contributed by atoms with E-state index in [9.17, 15) is 0 Å². The van der Waals surface area contributed by atoms with Crippen LogP contribution in [0.2, 0.25) is 0 Å². The molecule has 0 radical (unpaired) electrons. The number of ether oxygens (including phenoxy) is 1. The highest BCUT2D eigenvalue weighted by Gasteiger charge is 2.17. The zero-order valence-electron chi connectivity index (χ0n) is 10.2. The van der Waals surface area contributed by atoms with Crippen molar-refractivity contribution in [2.24, 2.45) is 12.8 Å². The second-order valence-corrected chi connectivity index (χ2v) is 5.19. The maximum absolute atomic E-state index is 6.00. The van der Waals surface area contributed by atoms with E-state index in [0.717, 1.165) is 18.8 Å². The Morgan fingerprint density at radius 1 is 1.62 bits per heavy atom. The molecule has 0 fully saturated rings. The number of nitrogens with two attached hydrogens (primary N) is 1. The topological polar surface area (TPSA) is 53.1 Å². The van der Waals surface area contributed by atoms with E-state index in [1.807, 2.05) is 42.8 Å². The number of methoxy groups -OCH3 is 1. The van der Waals surface area contributed by atoms with E-state index in [4.69, 9.17) is 10.5 Å². The molecule has 1 aromatic rings. The minimum atomic E-state index is 0.136. The van der Waals surface area contributed by atoms with E-state index in [-0.39, 0.29) is 6.04 Å². The Hall–Kier alpha value is -0.520. The molecule has 2 unspecified atom stereocenters. The molecule has 0 aliphatic rings. The highest BCUT2D eigenvalue weighted by molar-refractivity contribution is 7.99. The van der Waals surface area contributed by atoms with Gasteiger partial charge in [0.1, 0.15) is 0 Å². The third-order valence-electron chi connectivity index (χ3n) is 2.32. The van der Waals surface area contributed by atoms with E-state index in [0.29, 0.717) is 5.25 Å². The van der Waals surface area contributed by atoms with Crippen LogP contribution in [0.5, 0.6) is 0 Å². The van der Waals surface area contributed by atoms with Crippen molar-refractivity contribution >= 4 is 11.8 Å². The average Bonchev–Trinajstić information content (AvgIpc) is 2.64. The summed E-state index contributed by atoms with van der Waals surface area (Å²) < 4.78 is 6.85. The standard InChI is InChI=1S/C11H21N3OS/c1-9(12)11(16-6-4-5-15-3)10-7-13-14(2)8-10/h7-9,11H,4-6,12H2,1-3H3. The first-order valence-corrected chi connectivity index (χ1v) is 6.54. The smallest absolute Gasteiger partial charge is 0.0533 e. The molecule has 4 nitrogen and oxygen atoms in total. The monoisotopic (exact) mass is 243 g/mol. The number of nitrogens with zero attached hydrogens (tertiary/aromatic N) is 2. The molecule has 0 bridgehead atoms. The van der Waals surface area contributed by atoms with Crippen molar-refractivity contribution in [3.63, 3.8) is 0 Å². The van der Waals surface area contributed by atoms with Gasteiger partial charge < -0.3 is 10.5 Å². The lowest BCUT2D eigenvalue weighted by atomic mass is 10.1. The number of rotatable bonds is 7. The van der Waals surface area contributed by atoms with E-state index in [2.05, 4.69) is 5.10 Å². The van der Waals surface area contributed by atoms with Crippen LogP contribution in [-0.2, 0) is 11.8 Å². The third kappa shape index (κ3) is 4.15. The zero-order valence-corrected chi connectivity index (χ0v) is 11.0. The normalized spacial score (nSPS) is 15.0. The van der Waals surface area contributed by atoms with Gasteiger partial charge in [-0.05, 0) is 19.1 Å². The van der Waals surface area contributed by atoms with Gasteiger partial charge in [-0.1, -0.05) is 0 Å². The van der Waals surface area contributed by atoms with Crippen molar-refractivity contribution < 1.29 is 4.74 Å². The SMILES string of the molecule is COCCCSC(c1cnn(C)c1)C(C)N. The molecule has 0 aliphatic carbocycles. The molecular formula is C11H21N3OS. The van der Waals surface area contributed by atoms with Gasteiger partial charge in [-0.25, -0.2) is 0 Å². The maximum atomic E-state index is 6.00. The summed E-state index contributed by atoms with van der Waals surface area (Å²) >= 11 is 1.88. The van der Waals surface area contributed by atoms with Gasteiger partial charge in [-0.15, -0.1) is 0 Å². The molecule has 0 amide bonds. The van der Waals surface area contributed by atoms with Crippen LogP contribution < -0.4 is 5.73 Å². The fraction of sp³-hybridized carbons (Fsp3) is 0.727. The Labute approximate surface area is 102 Å². The number of hydrogen-bond acceptors (Lipinski definition) is 4. The van der Waals surface area contributed by atoms with Gasteiger partial charge in [-0.3, -0.25) is 4.68 Å². The maximum Gasteiger partial charge on any atom is 0.0533 e. The van der Waals surface area contributed by atoms with E-state index in [1.54, 1.807) is 7.11 Å². The van der Waals surface area contributed by atoms with E-state index >= 15 is 0 Å². The molecule has 1 heterocycles. The first kappa shape index (κ1) is 13.5. The molecule has 0 aromatic carbocycles. The molecule has 0 saturated heterocycles. The summed E-state index contributed by atoms with van der Waals surface area (Å²) in [6, 6.07) is 0.136. The van der Waals surface area contributed by atoms with Gasteiger partial charge >= 0.3 is 0 Å². The molecule has 2 atom stereocenters. The first-order chi connectivity index (χ1) is 7.65. The Balaban J connectivity index is 2.48. The van der Waals surface area contributed by atoms with Crippen molar-refractivity contribution in [3.05, 3.63) is 18.0 Å². The van der Waals surface area contributed by atoms with Gasteiger partial charge in [-0.2, -0.15) is 16.9 Å². The molecule has 0 spiro atoms. The van der Waals surface area contributed by atoms with Crippen LogP contribution in [0.25, 0.3) is 0 Å². The molecule has 16 heavy (non-hydrogen) atoms. The summed E-state index contributed by atoms with van der Waals surface area (Å²) in [6.45, 7) is 2.85. The summed E-state index contributed by atoms with van der Waals surface area (Å²) in [7, 11) is 3.66. The predicted octanol–water partition coefficient (Wildman–Crippen LogP) is 1.58. The minimum Gasteiger partial charge on any atom is -0.385 e. The Morgan fingerprint density at radius 3 is 2.88 bits per heavy atom. The van der Waals surface area contributed by atoms with Gasteiger partial charge in [0.05, 0.1) is 6.20 Å². The highest BCUT2D eigenvalue weighted by atomic mass is 32.2. The Bertz CT molecular complexity index is 301. The summed E-state index contributed by atoms with van der Waals surface area (Å²) in [5.41, 5.74) is 7.21. The molecule has 0 aliphatic heterocycles. The minimum absolute atomic E-state index is 0.136. The highest BCUT2D eigenvalue weighted by Crippen LogP contribution is 2.31. The molecular weight excluding hydrogens is 222 g/mol. The largest absolute Gasteiger partial charge is 0.385 e. The fourth-order valence-electron chi connectivity index (χ4n) is 1.55. The Morgan fingerprint density at radius 2 is 2.38 bits per heavy atom. The third-order valence-corrected chi connectivity index (χ3v) is 3.91. The van der Waals surface area contributed by atoms with Crippen LogP contribution >= 0.6 is 11.8 Å². The molecule has 1 rings (SSSR count). The van der Waals surface area contributed by atoms with Crippen LogP contribution in [0.4, 0.5) is 0 Å². The van der Waals surface area contributed by atoms with Crippen molar-refractivity contribution in [1.29, 1.82) is 0 Å². The van der Waals surface area contributed by atoms with Crippen molar-refractivity contribution in [2.75, 3.05) is 19.5 Å². The molecule has 92 valence electrons. The van der Waals surface area contributed by atoms with Crippen LogP contribution in [0, 0.1) is 0 Å². The zero-order chi connectivity index (χ0) is 12.0. The van der Waals surface area contributed by atoms with Crippen LogP contribution in [0.15, 0.2) is 12.4 Å². The summed E-state index contributed by atoms with van der Waals surface area (Å²) in [5, 5.41) is 4.51. The number of thioether (sulfide) groups is 1. The number of hydrogen-bond donors (Lipinski definition) is 1. The summed E-state index contributed by atoms with van der Waals surface area (Å²) in [6.07, 6.45) is 5.00. The van der Waals surface area contributed by atoms with Crippen LogP contribution in [-0.4, -0.2) is 35.3 Å². The van der Waals surface area contributed by atoms with Gasteiger partial charge in [0.15, 0.2) is 0 Å². The fourth-order valence-corrected chi connectivity index (χ4v) is 2.71. The second-order valence-electron chi connectivity index (χ2n) is 3.94. The van der Waals surface area contributed by atoms with Gasteiger partial charge in [0, 0.05) is 43.8 Å². The molecule has 2 N–H and O–H groups in total. The predicted molar refractivity (Wildman–Crippen MR) is 68.5 cm³/mol. The van der Waals surface area contributed by atoms with Gasteiger partial charge in [0.2, 0.25) is 0 Å². The average molecular weight is 243 g/mol. The summed E-state index contributed by atoms with van der Waals surface area (Å²) in [4.78, 5) is 0. The lowest BCUT2D eigenvalue weighted by Gasteiger charge is -2.18. The van der Waals surface area contributed by atoms with Crippen LogP contribution in [0.1, 0.15) is 24.2 Å². The first-order valence-electron chi connectivity index (χ1n) is 5.49. The van der Waals surface area contributed by atoms with E-state index in [1.165, 1.54) is 5.56 Å². The lowest BCUT2D eigenvalue weighted by Crippen LogP contribution is -2.22. The quantitative estimate of drug-likeness (QED) is 0.739. The van der Waals surface area contributed by atoms with E-state index < -0.39 is 0 Å². The van der Waals surface area contributed by atoms with Crippen molar-refractivity contribution in [1.82, 2.24) is 9.78 Å². The Kier molecular flexibility index (Phi) is 5.87. The summed E-state index contributed by atoms with van der Waals surface area (Å²) in [5.74, 6) is 1.06. The number of aromatic nitrogens is 2. The molecule has 0 saturated carbocycles. The van der Waals surface area contributed by atoms with Crippen molar-refractivity contribution in [2.45, 2.75) is 24.6 Å². The van der Waals surface area contributed by atoms with Gasteiger partial charge in [0.25, 0.3) is 0 Å².